The summed E-state index contributed by atoms with van der Waals surface area (Å²) in [4.78, 5) is 17.7. The highest BCUT2D eigenvalue weighted by Gasteiger charge is 2.25. The van der Waals surface area contributed by atoms with E-state index in [-0.39, 0.29) is 12.0 Å². The van der Waals surface area contributed by atoms with Crippen molar-refractivity contribution in [1.29, 1.82) is 0 Å². The Hall–Kier alpha value is -0.780. The van der Waals surface area contributed by atoms with E-state index in [4.69, 9.17) is 16.3 Å². The van der Waals surface area contributed by atoms with Gasteiger partial charge in [-0.25, -0.2) is 0 Å². The first kappa shape index (κ1) is 14.6. The number of carbonyl (C=O) groups is 1. The molecule has 0 N–H and O–H groups in total. The summed E-state index contributed by atoms with van der Waals surface area (Å²) in [6, 6.07) is 2.15. The molecular weight excluding hydrogens is 284 g/mol. The van der Waals surface area contributed by atoms with Gasteiger partial charge < -0.3 is 4.74 Å². The molecule has 4 nitrogen and oxygen atoms in total. The quantitative estimate of drug-likeness (QED) is 0.798. The third-order valence-electron chi connectivity index (χ3n) is 3.21. The predicted molar refractivity (Wildman–Crippen MR) is 77.4 cm³/mol. The van der Waals surface area contributed by atoms with Crippen LogP contribution in [0.4, 0.5) is 0 Å². The summed E-state index contributed by atoms with van der Waals surface area (Å²) in [5, 5.41) is 0.678. The van der Waals surface area contributed by atoms with Gasteiger partial charge >= 0.3 is 5.97 Å². The molecule has 0 radical (unpaired) electrons. The van der Waals surface area contributed by atoms with Crippen LogP contribution in [0.3, 0.4) is 0 Å². The second-order valence-electron chi connectivity index (χ2n) is 4.45. The molecule has 2 heterocycles. The number of aromatic nitrogens is 1. The minimum Gasteiger partial charge on any atom is -0.469 e. The maximum absolute atomic E-state index is 11.5. The van der Waals surface area contributed by atoms with Gasteiger partial charge in [-0.2, -0.15) is 11.8 Å². The van der Waals surface area contributed by atoms with Crippen LogP contribution in [0, 0.1) is 0 Å². The highest BCUT2D eigenvalue weighted by atomic mass is 35.5. The SMILES string of the molecule is COC(=O)C[C@@H]1CSCCN1Cc1ccncc1Cl. The van der Waals surface area contributed by atoms with Crippen LogP contribution in [-0.4, -0.2) is 47.1 Å². The van der Waals surface area contributed by atoms with Crippen molar-refractivity contribution in [3.63, 3.8) is 0 Å². The smallest absolute Gasteiger partial charge is 0.307 e. The van der Waals surface area contributed by atoms with Gasteiger partial charge in [0.25, 0.3) is 0 Å². The first-order valence-corrected chi connectivity index (χ1v) is 7.71. The van der Waals surface area contributed by atoms with Crippen molar-refractivity contribution in [1.82, 2.24) is 9.88 Å². The summed E-state index contributed by atoms with van der Waals surface area (Å²) < 4.78 is 4.76. The molecule has 1 saturated heterocycles. The topological polar surface area (TPSA) is 42.4 Å². The first-order valence-electron chi connectivity index (χ1n) is 6.17. The molecule has 1 fully saturated rings. The maximum atomic E-state index is 11.5. The predicted octanol–water partition coefficient (Wildman–Crippen LogP) is 2.22. The van der Waals surface area contributed by atoms with E-state index in [1.165, 1.54) is 7.11 Å². The number of carbonyl (C=O) groups excluding carboxylic acids is 1. The van der Waals surface area contributed by atoms with Gasteiger partial charge in [0, 0.05) is 43.0 Å². The summed E-state index contributed by atoms with van der Waals surface area (Å²) in [5.41, 5.74) is 1.05. The summed E-state index contributed by atoms with van der Waals surface area (Å²) >= 11 is 8.02. The molecule has 104 valence electrons. The number of pyridine rings is 1. The van der Waals surface area contributed by atoms with Gasteiger partial charge in [-0.1, -0.05) is 11.6 Å². The normalized spacial score (nSPS) is 20.2. The Balaban J connectivity index is 2.03. The number of esters is 1. The van der Waals surface area contributed by atoms with Crippen LogP contribution in [-0.2, 0) is 16.1 Å². The molecule has 0 amide bonds. The van der Waals surface area contributed by atoms with Crippen molar-refractivity contribution >= 4 is 29.3 Å². The molecule has 2 rings (SSSR count). The Labute approximate surface area is 122 Å². The van der Waals surface area contributed by atoms with E-state index in [0.717, 1.165) is 30.2 Å². The van der Waals surface area contributed by atoms with Crippen LogP contribution >= 0.6 is 23.4 Å². The molecule has 19 heavy (non-hydrogen) atoms. The van der Waals surface area contributed by atoms with E-state index >= 15 is 0 Å². The van der Waals surface area contributed by atoms with E-state index in [2.05, 4.69) is 9.88 Å². The van der Waals surface area contributed by atoms with E-state index in [1.807, 2.05) is 17.8 Å². The van der Waals surface area contributed by atoms with Gasteiger partial charge in [0.15, 0.2) is 0 Å². The molecule has 6 heteroatoms. The molecular formula is C13H17ClN2O2S. The largest absolute Gasteiger partial charge is 0.469 e. The third kappa shape index (κ3) is 4.09. The maximum Gasteiger partial charge on any atom is 0.307 e. The molecule has 0 aromatic carbocycles. The average molecular weight is 301 g/mol. The number of nitrogens with zero attached hydrogens (tertiary/aromatic N) is 2. The second-order valence-corrected chi connectivity index (χ2v) is 6.00. The van der Waals surface area contributed by atoms with Crippen molar-refractivity contribution in [2.45, 2.75) is 19.0 Å². The Bertz CT molecular complexity index is 444. The fraction of sp³-hybridized carbons (Fsp3) is 0.538. The van der Waals surface area contributed by atoms with Crippen molar-refractivity contribution in [2.24, 2.45) is 0 Å². The number of methoxy groups -OCH3 is 1. The monoisotopic (exact) mass is 300 g/mol. The first-order chi connectivity index (χ1) is 9.20. The summed E-state index contributed by atoms with van der Waals surface area (Å²) in [6.07, 6.45) is 3.84. The Morgan fingerprint density at radius 2 is 2.53 bits per heavy atom. The molecule has 0 spiro atoms. The molecule has 1 aromatic rings. The van der Waals surface area contributed by atoms with Gasteiger partial charge in [-0.3, -0.25) is 14.7 Å². The Morgan fingerprint density at radius 3 is 3.26 bits per heavy atom. The summed E-state index contributed by atoms with van der Waals surface area (Å²) in [6.45, 7) is 1.72. The molecule has 1 aromatic heterocycles. The van der Waals surface area contributed by atoms with Gasteiger partial charge in [0.2, 0.25) is 0 Å². The van der Waals surface area contributed by atoms with E-state index in [0.29, 0.717) is 11.4 Å². The van der Waals surface area contributed by atoms with Gasteiger partial charge in [0.05, 0.1) is 18.6 Å². The second kappa shape index (κ2) is 7.12. The van der Waals surface area contributed by atoms with Crippen LogP contribution in [0.5, 0.6) is 0 Å². The molecule has 0 aliphatic carbocycles. The zero-order valence-electron chi connectivity index (χ0n) is 10.8. The highest BCUT2D eigenvalue weighted by Crippen LogP contribution is 2.23. The van der Waals surface area contributed by atoms with Gasteiger partial charge in [-0.15, -0.1) is 0 Å². The minimum absolute atomic E-state index is 0.154. The van der Waals surface area contributed by atoms with Crippen LogP contribution in [0.25, 0.3) is 0 Å². The lowest BCUT2D eigenvalue weighted by Crippen LogP contribution is -2.43. The Morgan fingerprint density at radius 1 is 1.68 bits per heavy atom. The lowest BCUT2D eigenvalue weighted by molar-refractivity contribution is -0.141. The number of hydrogen-bond acceptors (Lipinski definition) is 5. The zero-order valence-corrected chi connectivity index (χ0v) is 12.4. The fourth-order valence-corrected chi connectivity index (χ4v) is 3.42. The Kier molecular flexibility index (Phi) is 5.48. The summed E-state index contributed by atoms with van der Waals surface area (Å²) in [5.74, 6) is 1.89. The van der Waals surface area contributed by atoms with Crippen LogP contribution in [0.1, 0.15) is 12.0 Å². The van der Waals surface area contributed by atoms with Gasteiger partial charge in [0.1, 0.15) is 0 Å². The van der Waals surface area contributed by atoms with Crippen molar-refractivity contribution < 1.29 is 9.53 Å². The lowest BCUT2D eigenvalue weighted by Gasteiger charge is -2.34. The zero-order chi connectivity index (χ0) is 13.7. The number of thioether (sulfide) groups is 1. The molecule has 0 saturated carbocycles. The average Bonchev–Trinajstić information content (AvgIpc) is 2.43. The highest BCUT2D eigenvalue weighted by molar-refractivity contribution is 7.99. The minimum atomic E-state index is -0.154. The van der Waals surface area contributed by atoms with Crippen LogP contribution < -0.4 is 0 Å². The number of halogens is 1. The molecule has 0 unspecified atom stereocenters. The van der Waals surface area contributed by atoms with Crippen molar-refractivity contribution in [3.8, 4) is 0 Å². The van der Waals surface area contributed by atoms with Gasteiger partial charge in [-0.05, 0) is 11.6 Å². The third-order valence-corrected chi connectivity index (χ3v) is 4.64. The molecule has 1 atom stereocenters. The van der Waals surface area contributed by atoms with Crippen molar-refractivity contribution in [2.75, 3.05) is 25.2 Å². The van der Waals surface area contributed by atoms with Crippen LogP contribution in [0.2, 0.25) is 5.02 Å². The molecule has 1 aliphatic rings. The van der Waals surface area contributed by atoms with E-state index < -0.39 is 0 Å². The number of rotatable bonds is 4. The number of hydrogen-bond donors (Lipinski definition) is 0. The lowest BCUT2D eigenvalue weighted by atomic mass is 10.1. The van der Waals surface area contributed by atoms with Crippen LogP contribution in [0.15, 0.2) is 18.5 Å². The molecule has 0 bridgehead atoms. The summed E-state index contributed by atoms with van der Waals surface area (Å²) in [7, 11) is 1.43. The van der Waals surface area contributed by atoms with E-state index in [1.54, 1.807) is 12.4 Å². The van der Waals surface area contributed by atoms with E-state index in [9.17, 15) is 4.79 Å². The molecule has 1 aliphatic heterocycles. The van der Waals surface area contributed by atoms with Crippen molar-refractivity contribution in [3.05, 3.63) is 29.0 Å². The fourth-order valence-electron chi connectivity index (χ4n) is 2.11. The number of ether oxygens (including phenoxy) is 1. The standard InChI is InChI=1S/C13H17ClN2O2S/c1-18-13(17)6-11-9-19-5-4-16(11)8-10-2-3-15-7-12(10)14/h2-3,7,11H,4-6,8-9H2,1H3/t11-/m1/s1.